The van der Waals surface area contributed by atoms with Gasteiger partial charge in [-0.05, 0) is 44.7 Å². The molecule has 0 aliphatic rings. The van der Waals surface area contributed by atoms with Crippen LogP contribution in [0, 0.1) is 6.92 Å². The van der Waals surface area contributed by atoms with Gasteiger partial charge in [0.1, 0.15) is 12.2 Å². The van der Waals surface area contributed by atoms with Crippen molar-refractivity contribution >= 4 is 6.09 Å². The number of rotatable bonds is 8. The average molecular weight is 307 g/mol. The van der Waals surface area contributed by atoms with Crippen molar-refractivity contribution in [3.8, 4) is 0 Å². The molecule has 0 aliphatic carbocycles. The first kappa shape index (κ1) is 18.5. The molecule has 1 N–H and O–H groups in total. The Balaban J connectivity index is 2.92. The van der Waals surface area contributed by atoms with Gasteiger partial charge in [-0.3, -0.25) is 0 Å². The van der Waals surface area contributed by atoms with Gasteiger partial charge in [0, 0.05) is 13.2 Å². The SMILES string of the molecule is CCCCC(OC(=O)NC(C)C)C(OC)c1ccccc1C. The van der Waals surface area contributed by atoms with Gasteiger partial charge in [-0.1, -0.05) is 37.6 Å². The minimum atomic E-state index is -0.383. The summed E-state index contributed by atoms with van der Waals surface area (Å²) in [4.78, 5) is 12.0. The van der Waals surface area contributed by atoms with Crippen LogP contribution in [-0.4, -0.2) is 25.3 Å². The van der Waals surface area contributed by atoms with Gasteiger partial charge in [0.15, 0.2) is 0 Å². The molecule has 1 rings (SSSR count). The maximum absolute atomic E-state index is 12.0. The summed E-state index contributed by atoms with van der Waals surface area (Å²) in [6.45, 7) is 8.00. The zero-order valence-corrected chi connectivity index (χ0v) is 14.4. The van der Waals surface area contributed by atoms with Gasteiger partial charge in [0.2, 0.25) is 0 Å². The van der Waals surface area contributed by atoms with Crippen molar-refractivity contribution in [2.24, 2.45) is 0 Å². The number of carbonyl (C=O) groups excluding carboxylic acids is 1. The van der Waals surface area contributed by atoms with Crippen molar-refractivity contribution in [2.45, 2.75) is 65.2 Å². The Morgan fingerprint density at radius 1 is 1.27 bits per heavy atom. The zero-order chi connectivity index (χ0) is 16.5. The second-order valence-electron chi connectivity index (χ2n) is 5.90. The molecule has 4 nitrogen and oxygen atoms in total. The van der Waals surface area contributed by atoms with Crippen molar-refractivity contribution in [3.05, 3.63) is 35.4 Å². The van der Waals surface area contributed by atoms with Crippen LogP contribution in [-0.2, 0) is 9.47 Å². The zero-order valence-electron chi connectivity index (χ0n) is 14.4. The van der Waals surface area contributed by atoms with Gasteiger partial charge in [-0.25, -0.2) is 4.79 Å². The highest BCUT2D eigenvalue weighted by molar-refractivity contribution is 5.67. The molecule has 1 aromatic carbocycles. The largest absolute Gasteiger partial charge is 0.443 e. The standard InChI is InChI=1S/C18H29NO3/c1-6-7-12-16(22-18(20)19-13(2)3)17(21-5)15-11-9-8-10-14(15)4/h8-11,13,16-17H,6-7,12H2,1-5H3,(H,19,20). The summed E-state index contributed by atoms with van der Waals surface area (Å²) in [7, 11) is 1.67. The topological polar surface area (TPSA) is 47.6 Å². The minimum absolute atomic E-state index is 0.0544. The minimum Gasteiger partial charge on any atom is -0.443 e. The molecule has 0 saturated heterocycles. The Morgan fingerprint density at radius 3 is 2.50 bits per heavy atom. The molecular formula is C18H29NO3. The number of alkyl carbamates (subject to hydrolysis) is 1. The number of amides is 1. The van der Waals surface area contributed by atoms with Crippen LogP contribution in [0.3, 0.4) is 0 Å². The van der Waals surface area contributed by atoms with E-state index >= 15 is 0 Å². The Kier molecular flexibility index (Phi) is 7.96. The Hall–Kier alpha value is -1.55. The van der Waals surface area contributed by atoms with Crippen LogP contribution in [0.1, 0.15) is 57.3 Å². The van der Waals surface area contributed by atoms with E-state index < -0.39 is 0 Å². The monoisotopic (exact) mass is 307 g/mol. The van der Waals surface area contributed by atoms with Crippen molar-refractivity contribution in [2.75, 3.05) is 7.11 Å². The maximum atomic E-state index is 12.0. The number of methoxy groups -OCH3 is 1. The van der Waals surface area contributed by atoms with Gasteiger partial charge < -0.3 is 14.8 Å². The van der Waals surface area contributed by atoms with Gasteiger partial charge in [-0.2, -0.15) is 0 Å². The molecular weight excluding hydrogens is 278 g/mol. The quantitative estimate of drug-likeness (QED) is 0.775. The first-order valence-corrected chi connectivity index (χ1v) is 8.05. The van der Waals surface area contributed by atoms with Gasteiger partial charge in [-0.15, -0.1) is 0 Å². The Bertz CT molecular complexity index is 459. The number of hydrogen-bond donors (Lipinski definition) is 1. The fraction of sp³-hybridized carbons (Fsp3) is 0.611. The average Bonchev–Trinajstić information content (AvgIpc) is 2.46. The van der Waals surface area contributed by atoms with Crippen LogP contribution in [0.5, 0.6) is 0 Å². The van der Waals surface area contributed by atoms with Crippen molar-refractivity contribution < 1.29 is 14.3 Å². The molecule has 0 saturated carbocycles. The van der Waals surface area contributed by atoms with E-state index in [1.165, 1.54) is 0 Å². The summed E-state index contributed by atoms with van der Waals surface area (Å²) in [5, 5.41) is 2.78. The molecule has 0 spiro atoms. The van der Waals surface area contributed by atoms with Crippen LogP contribution in [0.15, 0.2) is 24.3 Å². The van der Waals surface area contributed by atoms with Crippen molar-refractivity contribution in [1.82, 2.24) is 5.32 Å². The molecule has 0 bridgehead atoms. The molecule has 0 aromatic heterocycles. The Labute approximate surface area is 134 Å². The number of hydrogen-bond acceptors (Lipinski definition) is 3. The number of benzene rings is 1. The van der Waals surface area contributed by atoms with Crippen LogP contribution in [0.2, 0.25) is 0 Å². The fourth-order valence-corrected chi connectivity index (χ4v) is 2.47. The summed E-state index contributed by atoms with van der Waals surface area (Å²) < 4.78 is 11.3. The Morgan fingerprint density at radius 2 is 1.95 bits per heavy atom. The van der Waals surface area contributed by atoms with Gasteiger partial charge >= 0.3 is 6.09 Å². The smallest absolute Gasteiger partial charge is 0.407 e. The maximum Gasteiger partial charge on any atom is 0.407 e. The van der Waals surface area contributed by atoms with E-state index in [0.717, 1.165) is 30.4 Å². The molecule has 2 atom stereocenters. The number of ether oxygens (including phenoxy) is 2. The van der Waals surface area contributed by atoms with E-state index in [2.05, 4.69) is 12.2 Å². The van der Waals surface area contributed by atoms with Gasteiger partial charge in [0.25, 0.3) is 0 Å². The molecule has 0 heterocycles. The lowest BCUT2D eigenvalue weighted by Crippen LogP contribution is -2.36. The van der Waals surface area contributed by atoms with Crippen LogP contribution < -0.4 is 5.32 Å². The first-order valence-electron chi connectivity index (χ1n) is 8.05. The molecule has 124 valence electrons. The lowest BCUT2D eigenvalue weighted by Gasteiger charge is -2.28. The van der Waals surface area contributed by atoms with Crippen LogP contribution in [0.25, 0.3) is 0 Å². The van der Waals surface area contributed by atoms with E-state index in [9.17, 15) is 4.79 Å². The molecule has 2 unspecified atom stereocenters. The van der Waals surface area contributed by atoms with Crippen molar-refractivity contribution in [3.63, 3.8) is 0 Å². The number of nitrogens with one attached hydrogen (secondary N) is 1. The normalized spacial score (nSPS) is 13.7. The third-order valence-corrected chi connectivity index (χ3v) is 3.59. The molecule has 1 aromatic rings. The lowest BCUT2D eigenvalue weighted by atomic mass is 9.96. The summed E-state index contributed by atoms with van der Waals surface area (Å²) in [6, 6.07) is 8.12. The van der Waals surface area contributed by atoms with E-state index in [4.69, 9.17) is 9.47 Å². The predicted molar refractivity (Wildman–Crippen MR) is 89.0 cm³/mol. The summed E-state index contributed by atoms with van der Waals surface area (Å²) in [5.74, 6) is 0. The number of aryl methyl sites for hydroxylation is 1. The highest BCUT2D eigenvalue weighted by atomic mass is 16.6. The molecule has 0 radical (unpaired) electrons. The van der Waals surface area contributed by atoms with Crippen LogP contribution >= 0.6 is 0 Å². The molecule has 0 aliphatic heterocycles. The van der Waals surface area contributed by atoms with Gasteiger partial charge in [0.05, 0.1) is 0 Å². The third-order valence-electron chi connectivity index (χ3n) is 3.59. The first-order chi connectivity index (χ1) is 10.5. The second-order valence-corrected chi connectivity index (χ2v) is 5.90. The lowest BCUT2D eigenvalue weighted by molar-refractivity contribution is -0.0291. The van der Waals surface area contributed by atoms with E-state index in [1.807, 2.05) is 45.0 Å². The van der Waals surface area contributed by atoms with E-state index in [0.29, 0.717) is 0 Å². The molecule has 4 heteroatoms. The highest BCUT2D eigenvalue weighted by Gasteiger charge is 2.27. The predicted octanol–water partition coefficient (Wildman–Crippen LogP) is 4.38. The summed E-state index contributed by atoms with van der Waals surface area (Å²) in [6.07, 6.45) is 1.91. The summed E-state index contributed by atoms with van der Waals surface area (Å²) >= 11 is 0. The van der Waals surface area contributed by atoms with E-state index in [1.54, 1.807) is 7.11 Å². The number of carbonyl (C=O) groups is 1. The fourth-order valence-electron chi connectivity index (χ4n) is 2.47. The van der Waals surface area contributed by atoms with Crippen molar-refractivity contribution in [1.29, 1.82) is 0 Å². The third kappa shape index (κ3) is 5.68. The van der Waals surface area contributed by atoms with E-state index in [-0.39, 0.29) is 24.3 Å². The molecule has 22 heavy (non-hydrogen) atoms. The molecule has 1 amide bonds. The molecule has 0 fully saturated rings. The van der Waals surface area contributed by atoms with Crippen LogP contribution in [0.4, 0.5) is 4.79 Å². The second kappa shape index (κ2) is 9.46. The summed E-state index contributed by atoms with van der Waals surface area (Å²) in [5.41, 5.74) is 2.21. The highest BCUT2D eigenvalue weighted by Crippen LogP contribution is 2.28. The number of unbranched alkanes of at least 4 members (excludes halogenated alkanes) is 1.